The number of anilines is 1. The van der Waals surface area contributed by atoms with Crippen LogP contribution in [0.1, 0.15) is 21.1 Å². The predicted octanol–water partition coefficient (Wildman–Crippen LogP) is 3.89. The summed E-state index contributed by atoms with van der Waals surface area (Å²) in [5.41, 5.74) is 1.94. The Morgan fingerprint density at radius 2 is 1.83 bits per heavy atom. The molecule has 0 saturated carbocycles. The van der Waals surface area contributed by atoms with Crippen LogP contribution >= 0.6 is 11.3 Å². The zero-order valence-electron chi connectivity index (χ0n) is 12.5. The highest BCUT2D eigenvalue weighted by Crippen LogP contribution is 2.18. The fraction of sp³-hybridized carbons (Fsp3) is 0.0588. The fourth-order valence-electron chi connectivity index (χ4n) is 2.13. The van der Waals surface area contributed by atoms with E-state index in [1.54, 1.807) is 5.38 Å². The molecule has 7 heteroatoms. The number of hydrogen-bond acceptors (Lipinski definition) is 5. The molecule has 0 aliphatic heterocycles. The average molecular weight is 339 g/mol. The Bertz CT molecular complexity index is 860. The molecule has 0 spiro atoms. The van der Waals surface area contributed by atoms with E-state index in [9.17, 15) is 14.9 Å². The third-order valence-electron chi connectivity index (χ3n) is 3.32. The van der Waals surface area contributed by atoms with Crippen LogP contribution in [0.2, 0.25) is 0 Å². The number of hydrogen-bond donors (Lipinski definition) is 1. The van der Waals surface area contributed by atoms with Gasteiger partial charge in [-0.2, -0.15) is 0 Å². The van der Waals surface area contributed by atoms with E-state index in [0.717, 1.165) is 10.6 Å². The van der Waals surface area contributed by atoms with Gasteiger partial charge in [-0.3, -0.25) is 14.9 Å². The molecule has 1 N–H and O–H groups in total. The highest BCUT2D eigenvalue weighted by atomic mass is 32.1. The molecule has 1 aromatic heterocycles. The lowest BCUT2D eigenvalue weighted by molar-refractivity contribution is -0.384. The van der Waals surface area contributed by atoms with Crippen molar-refractivity contribution in [1.82, 2.24) is 4.98 Å². The average Bonchev–Trinajstić information content (AvgIpc) is 3.05. The molecule has 0 saturated heterocycles. The van der Waals surface area contributed by atoms with Crippen LogP contribution in [0.4, 0.5) is 11.4 Å². The number of carbonyl (C=O) groups excluding carboxylic acids is 1. The van der Waals surface area contributed by atoms with Gasteiger partial charge >= 0.3 is 0 Å². The maximum atomic E-state index is 12.2. The molecular formula is C17H13N3O3S. The fourth-order valence-corrected chi connectivity index (χ4v) is 2.94. The molecule has 0 fully saturated rings. The summed E-state index contributed by atoms with van der Waals surface area (Å²) in [7, 11) is 0. The molecule has 0 radical (unpaired) electrons. The summed E-state index contributed by atoms with van der Waals surface area (Å²) in [5, 5.41) is 15.9. The van der Waals surface area contributed by atoms with Crippen molar-refractivity contribution in [1.29, 1.82) is 0 Å². The van der Waals surface area contributed by atoms with Crippen LogP contribution in [0.15, 0.2) is 60.0 Å². The van der Waals surface area contributed by atoms with Crippen molar-refractivity contribution in [3.05, 3.63) is 86.4 Å². The summed E-state index contributed by atoms with van der Waals surface area (Å²) in [4.78, 5) is 26.7. The summed E-state index contributed by atoms with van der Waals surface area (Å²) >= 11 is 1.43. The molecule has 0 aliphatic carbocycles. The lowest BCUT2D eigenvalue weighted by Gasteiger charge is -2.02. The lowest BCUT2D eigenvalue weighted by atomic mass is 10.2. The van der Waals surface area contributed by atoms with Crippen molar-refractivity contribution in [2.75, 3.05) is 5.32 Å². The maximum absolute atomic E-state index is 12.2. The van der Waals surface area contributed by atoms with Gasteiger partial charge in [-0.05, 0) is 17.7 Å². The molecule has 0 bridgehead atoms. The smallest absolute Gasteiger partial charge is 0.275 e. The normalized spacial score (nSPS) is 10.3. The number of nitrogens with zero attached hydrogens (tertiary/aromatic N) is 2. The molecule has 2 aromatic carbocycles. The van der Waals surface area contributed by atoms with Gasteiger partial charge in [0.25, 0.3) is 11.6 Å². The molecule has 6 nitrogen and oxygen atoms in total. The Morgan fingerprint density at radius 1 is 1.12 bits per heavy atom. The van der Waals surface area contributed by atoms with Crippen LogP contribution in [0, 0.1) is 10.1 Å². The summed E-state index contributed by atoms with van der Waals surface area (Å²) < 4.78 is 0. The first kappa shape index (κ1) is 15.8. The number of nitro groups is 1. The first-order valence-electron chi connectivity index (χ1n) is 7.16. The van der Waals surface area contributed by atoms with E-state index in [1.165, 1.54) is 35.6 Å². The zero-order chi connectivity index (χ0) is 16.9. The second-order valence-corrected chi connectivity index (χ2v) is 5.99. The van der Waals surface area contributed by atoms with Gasteiger partial charge in [0.05, 0.1) is 9.93 Å². The van der Waals surface area contributed by atoms with Gasteiger partial charge < -0.3 is 5.32 Å². The topological polar surface area (TPSA) is 85.1 Å². The molecule has 0 aliphatic rings. The first-order valence-corrected chi connectivity index (χ1v) is 8.04. The van der Waals surface area contributed by atoms with Gasteiger partial charge in [-0.1, -0.05) is 30.3 Å². The van der Waals surface area contributed by atoms with Gasteiger partial charge in [0.1, 0.15) is 5.69 Å². The van der Waals surface area contributed by atoms with E-state index in [-0.39, 0.29) is 11.6 Å². The molecule has 0 atom stereocenters. The van der Waals surface area contributed by atoms with Crippen molar-refractivity contribution in [3.63, 3.8) is 0 Å². The van der Waals surface area contributed by atoms with Crippen LogP contribution in [-0.2, 0) is 6.42 Å². The minimum Gasteiger partial charge on any atom is -0.321 e. The molecule has 1 amide bonds. The van der Waals surface area contributed by atoms with Gasteiger partial charge in [0.15, 0.2) is 0 Å². The van der Waals surface area contributed by atoms with E-state index in [0.29, 0.717) is 17.8 Å². The molecule has 120 valence electrons. The highest BCUT2D eigenvalue weighted by Gasteiger charge is 2.12. The monoisotopic (exact) mass is 339 g/mol. The van der Waals surface area contributed by atoms with Gasteiger partial charge in [-0.25, -0.2) is 4.98 Å². The zero-order valence-corrected chi connectivity index (χ0v) is 13.3. The Hall–Kier alpha value is -3.06. The number of amides is 1. The van der Waals surface area contributed by atoms with Gasteiger partial charge in [0.2, 0.25) is 0 Å². The third-order valence-corrected chi connectivity index (χ3v) is 4.17. The van der Waals surface area contributed by atoms with Crippen molar-refractivity contribution < 1.29 is 9.72 Å². The number of nitro benzene ring substituents is 1. The molecule has 3 aromatic rings. The largest absolute Gasteiger partial charge is 0.321 e. The number of rotatable bonds is 5. The molecular weight excluding hydrogens is 326 g/mol. The van der Waals surface area contributed by atoms with Crippen LogP contribution in [0.3, 0.4) is 0 Å². The summed E-state index contributed by atoms with van der Waals surface area (Å²) in [6, 6.07) is 15.6. The van der Waals surface area contributed by atoms with Crippen LogP contribution in [-0.4, -0.2) is 15.8 Å². The van der Waals surface area contributed by atoms with E-state index in [2.05, 4.69) is 10.3 Å². The SMILES string of the molecule is O=C(Nc1ccc([N+](=O)[O-])cc1)c1csc(Cc2ccccc2)n1. The molecule has 1 heterocycles. The summed E-state index contributed by atoms with van der Waals surface area (Å²) in [5.74, 6) is -0.334. The number of aromatic nitrogens is 1. The Labute approximate surface area is 141 Å². The van der Waals surface area contributed by atoms with Crippen LogP contribution < -0.4 is 5.32 Å². The van der Waals surface area contributed by atoms with Gasteiger partial charge in [0, 0.05) is 29.6 Å². The first-order chi connectivity index (χ1) is 11.6. The predicted molar refractivity (Wildman–Crippen MR) is 92.4 cm³/mol. The number of benzene rings is 2. The highest BCUT2D eigenvalue weighted by molar-refractivity contribution is 7.09. The lowest BCUT2D eigenvalue weighted by Crippen LogP contribution is -2.12. The summed E-state index contributed by atoms with van der Waals surface area (Å²) in [6.45, 7) is 0. The quantitative estimate of drug-likeness (QED) is 0.564. The number of non-ortho nitro benzene ring substituents is 1. The molecule has 0 unspecified atom stereocenters. The van der Waals surface area contributed by atoms with Crippen molar-refractivity contribution in [3.8, 4) is 0 Å². The van der Waals surface area contributed by atoms with Crippen molar-refractivity contribution in [2.24, 2.45) is 0 Å². The third kappa shape index (κ3) is 3.82. The Morgan fingerprint density at radius 3 is 2.50 bits per heavy atom. The standard InChI is InChI=1S/C17H13N3O3S/c21-17(18-13-6-8-14(9-7-13)20(22)23)15-11-24-16(19-15)10-12-4-2-1-3-5-12/h1-9,11H,10H2,(H,18,21). The maximum Gasteiger partial charge on any atom is 0.275 e. The van der Waals surface area contributed by atoms with Crippen molar-refractivity contribution in [2.45, 2.75) is 6.42 Å². The van der Waals surface area contributed by atoms with E-state index < -0.39 is 4.92 Å². The Balaban J connectivity index is 1.66. The molecule has 24 heavy (non-hydrogen) atoms. The minimum atomic E-state index is -0.484. The van der Waals surface area contributed by atoms with Crippen LogP contribution in [0.5, 0.6) is 0 Å². The van der Waals surface area contributed by atoms with E-state index in [4.69, 9.17) is 0 Å². The molecule has 3 rings (SSSR count). The second kappa shape index (κ2) is 7.01. The second-order valence-electron chi connectivity index (χ2n) is 5.05. The minimum absolute atomic E-state index is 0.0215. The van der Waals surface area contributed by atoms with Crippen LogP contribution in [0.25, 0.3) is 0 Å². The number of nitrogens with one attached hydrogen (secondary N) is 1. The van der Waals surface area contributed by atoms with Gasteiger partial charge in [-0.15, -0.1) is 11.3 Å². The summed E-state index contributed by atoms with van der Waals surface area (Å²) in [6.07, 6.45) is 0.677. The number of thiazole rings is 1. The van der Waals surface area contributed by atoms with Crippen molar-refractivity contribution >= 4 is 28.6 Å². The van der Waals surface area contributed by atoms with E-state index in [1.807, 2.05) is 30.3 Å². The van der Waals surface area contributed by atoms with E-state index >= 15 is 0 Å². The number of carbonyl (C=O) groups is 1. The Kier molecular flexibility index (Phi) is 4.62.